The summed E-state index contributed by atoms with van der Waals surface area (Å²) in [6.45, 7) is 15.9. The van der Waals surface area contributed by atoms with Crippen LogP contribution in [0.5, 0.6) is 0 Å². The first kappa shape index (κ1) is 16.4. The molecule has 0 aliphatic carbocycles. The smallest absolute Gasteiger partial charge is 0.0829 e. The van der Waals surface area contributed by atoms with Crippen LogP contribution in [0.4, 0.5) is 0 Å². The van der Waals surface area contributed by atoms with Crippen LogP contribution in [0.1, 0.15) is 0 Å². The molecular weight excluding hydrogens is 160 g/mol. The summed E-state index contributed by atoms with van der Waals surface area (Å²) in [5.74, 6) is 0. The Labute approximate surface area is 73.6 Å². The number of rotatable bonds is 2. The Bertz CT molecular complexity index is 116. The Kier molecular flexibility index (Phi) is 55.1. The fourth-order valence-electron chi connectivity index (χ4n) is 0.0680. The monoisotopic (exact) mass is 172 g/mol. The minimum atomic E-state index is 1.22. The van der Waals surface area contributed by atoms with Gasteiger partial charge in [-0.3, -0.25) is 0 Å². The summed E-state index contributed by atoms with van der Waals surface area (Å²) in [4.78, 5) is 0. The van der Waals surface area contributed by atoms with E-state index in [1.54, 1.807) is 0 Å². The summed E-state index contributed by atoms with van der Waals surface area (Å²) in [7, 11) is 0. The van der Waals surface area contributed by atoms with Crippen LogP contribution in [0.3, 0.4) is 0 Å². The zero-order valence-electron chi connectivity index (χ0n) is 6.55. The maximum atomic E-state index is 4.76. The Balaban J connectivity index is -0.0000000933. The molecular formula is C9H13ClO. The molecule has 0 rings (SSSR count). The first-order valence-electron chi connectivity index (χ1n) is 2.62. The minimum absolute atomic E-state index is 1.22. The van der Waals surface area contributed by atoms with E-state index in [0.29, 0.717) is 0 Å². The number of ether oxygens (including phenoxy) is 1. The first-order chi connectivity index (χ1) is 5.24. The third-order valence-corrected chi connectivity index (χ3v) is 0.192. The third-order valence-electron chi connectivity index (χ3n) is 0.192. The molecule has 0 aromatic heterocycles. The molecule has 0 atom stereocenters. The molecule has 11 heavy (non-hydrogen) atoms. The van der Waals surface area contributed by atoms with E-state index in [2.05, 4.69) is 43.4 Å². The van der Waals surface area contributed by atoms with E-state index in [-0.39, 0.29) is 0 Å². The number of hydrogen-bond donors (Lipinski definition) is 0. The van der Waals surface area contributed by atoms with Crippen molar-refractivity contribution in [3.63, 3.8) is 0 Å². The van der Waals surface area contributed by atoms with Gasteiger partial charge in [0, 0.05) is 0 Å². The van der Waals surface area contributed by atoms with E-state index in [1.807, 2.05) is 0 Å². The van der Waals surface area contributed by atoms with Crippen molar-refractivity contribution < 1.29 is 4.74 Å². The molecule has 0 fully saturated rings. The molecule has 0 aliphatic heterocycles. The van der Waals surface area contributed by atoms with E-state index in [0.717, 1.165) is 0 Å². The topological polar surface area (TPSA) is 9.23 Å². The molecule has 2 heteroatoms. The summed E-state index contributed by atoms with van der Waals surface area (Å²) in [5.41, 5.74) is 3.47. The van der Waals surface area contributed by atoms with Gasteiger partial charge in [-0.05, 0) is 5.54 Å². The van der Waals surface area contributed by atoms with Gasteiger partial charge in [-0.15, -0.1) is 5.73 Å². The van der Waals surface area contributed by atoms with Gasteiger partial charge in [0.05, 0.1) is 12.5 Å². The van der Waals surface area contributed by atoms with Gasteiger partial charge in [-0.25, -0.2) is 0 Å². The standard InChI is InChI=1S/C4H6O.C3H4.C2H3Cl/c1-3-5-4-2;1-3-2;1-2-3/h3-4H,1-2H2;1-2H2;2H,1H2. The maximum Gasteiger partial charge on any atom is 0.0829 e. The van der Waals surface area contributed by atoms with E-state index in [1.165, 1.54) is 18.1 Å². The number of hydrogen-bond acceptors (Lipinski definition) is 1. The largest absolute Gasteiger partial charge is 0.474 e. The van der Waals surface area contributed by atoms with Crippen molar-refractivity contribution in [2.75, 3.05) is 0 Å². The highest BCUT2D eigenvalue weighted by Gasteiger charge is 1.45. The van der Waals surface area contributed by atoms with E-state index in [9.17, 15) is 0 Å². The Hall–Kier alpha value is -1.17. The van der Waals surface area contributed by atoms with Gasteiger partial charge in [0.2, 0.25) is 0 Å². The summed E-state index contributed by atoms with van der Waals surface area (Å²) in [6, 6.07) is 0. The SMILES string of the molecule is C=C=C.C=CCl.C=COC=C. The van der Waals surface area contributed by atoms with Crippen LogP contribution in [-0.2, 0) is 4.74 Å². The fraction of sp³-hybridized carbons (Fsp3) is 0. The minimum Gasteiger partial charge on any atom is -0.474 e. The van der Waals surface area contributed by atoms with Crippen LogP contribution in [0.25, 0.3) is 0 Å². The Morgan fingerprint density at radius 3 is 1.27 bits per heavy atom. The Morgan fingerprint density at radius 1 is 1.09 bits per heavy atom. The molecule has 62 valence electrons. The summed E-state index contributed by atoms with van der Waals surface area (Å²) in [5, 5.41) is 0. The van der Waals surface area contributed by atoms with Gasteiger partial charge in [0.25, 0.3) is 0 Å². The molecule has 0 amide bonds. The molecule has 0 aromatic rings. The normalized spacial score (nSPS) is 4.45. The molecule has 0 saturated heterocycles. The zero-order chi connectivity index (χ0) is 9.54. The quantitative estimate of drug-likeness (QED) is 0.457. The van der Waals surface area contributed by atoms with E-state index >= 15 is 0 Å². The van der Waals surface area contributed by atoms with Gasteiger partial charge in [0.1, 0.15) is 0 Å². The van der Waals surface area contributed by atoms with Crippen LogP contribution in [-0.4, -0.2) is 0 Å². The predicted octanol–water partition coefficient (Wildman–Crippen LogP) is 3.62. The van der Waals surface area contributed by atoms with Gasteiger partial charge in [0.15, 0.2) is 0 Å². The molecule has 0 radical (unpaired) electrons. The highest BCUT2D eigenvalue weighted by atomic mass is 35.5. The van der Waals surface area contributed by atoms with E-state index in [4.69, 9.17) is 11.6 Å². The number of halogens is 1. The average Bonchev–Trinajstić information content (AvgIpc) is 1.92. The van der Waals surface area contributed by atoms with Crippen molar-refractivity contribution in [2.45, 2.75) is 0 Å². The summed E-state index contributed by atoms with van der Waals surface area (Å²) in [6.07, 6.45) is 2.62. The molecule has 1 nitrogen and oxygen atoms in total. The lowest BCUT2D eigenvalue weighted by atomic mass is 11.0. The van der Waals surface area contributed by atoms with Crippen molar-refractivity contribution >= 4 is 11.6 Å². The second-order valence-corrected chi connectivity index (χ2v) is 1.18. The molecule has 0 spiro atoms. The van der Waals surface area contributed by atoms with Crippen molar-refractivity contribution in [1.29, 1.82) is 0 Å². The molecule has 0 bridgehead atoms. The van der Waals surface area contributed by atoms with E-state index < -0.39 is 0 Å². The second kappa shape index (κ2) is 36.9. The first-order valence-corrected chi connectivity index (χ1v) is 3.06. The fourth-order valence-corrected chi connectivity index (χ4v) is 0.0680. The average molecular weight is 173 g/mol. The van der Waals surface area contributed by atoms with Crippen LogP contribution in [0.15, 0.2) is 56.7 Å². The highest BCUT2D eigenvalue weighted by Crippen LogP contribution is 1.65. The maximum absolute atomic E-state index is 4.76. The molecule has 0 aromatic carbocycles. The lowest BCUT2D eigenvalue weighted by Crippen LogP contribution is -1.52. The Morgan fingerprint density at radius 2 is 1.27 bits per heavy atom. The molecule has 0 unspecified atom stereocenters. The van der Waals surface area contributed by atoms with Gasteiger partial charge in [-0.1, -0.05) is 44.5 Å². The summed E-state index contributed by atoms with van der Waals surface area (Å²) < 4.78 is 4.36. The van der Waals surface area contributed by atoms with Crippen molar-refractivity contribution in [3.05, 3.63) is 56.7 Å². The zero-order valence-corrected chi connectivity index (χ0v) is 7.31. The predicted molar refractivity (Wildman–Crippen MR) is 52.3 cm³/mol. The third kappa shape index (κ3) is 598. The molecule has 0 aliphatic rings. The molecule has 0 saturated carbocycles. The van der Waals surface area contributed by atoms with Gasteiger partial charge < -0.3 is 4.74 Å². The lowest BCUT2D eigenvalue weighted by Gasteiger charge is -1.76. The van der Waals surface area contributed by atoms with Crippen molar-refractivity contribution in [1.82, 2.24) is 0 Å². The van der Waals surface area contributed by atoms with Crippen LogP contribution >= 0.6 is 11.6 Å². The van der Waals surface area contributed by atoms with Gasteiger partial charge in [-0.2, -0.15) is 0 Å². The second-order valence-electron chi connectivity index (χ2n) is 0.874. The van der Waals surface area contributed by atoms with Crippen LogP contribution in [0, 0.1) is 0 Å². The van der Waals surface area contributed by atoms with Crippen LogP contribution in [0.2, 0.25) is 0 Å². The van der Waals surface area contributed by atoms with Crippen molar-refractivity contribution in [2.24, 2.45) is 0 Å². The molecule has 0 heterocycles. The molecule has 0 N–H and O–H groups in total. The summed E-state index contributed by atoms with van der Waals surface area (Å²) >= 11 is 4.76. The lowest BCUT2D eigenvalue weighted by molar-refractivity contribution is 0.406. The highest BCUT2D eigenvalue weighted by molar-refractivity contribution is 6.25. The van der Waals surface area contributed by atoms with Crippen molar-refractivity contribution in [3.8, 4) is 0 Å². The van der Waals surface area contributed by atoms with Gasteiger partial charge >= 0.3 is 0 Å². The van der Waals surface area contributed by atoms with Crippen LogP contribution < -0.4 is 0 Å².